The number of hydrogen-bond donors (Lipinski definition) is 0. The third-order valence-electron chi connectivity index (χ3n) is 3.08. The summed E-state index contributed by atoms with van der Waals surface area (Å²) in [4.78, 5) is 18.4. The Morgan fingerprint density at radius 1 is 1.19 bits per heavy atom. The number of non-ortho nitro benzene ring substituents is 1. The summed E-state index contributed by atoms with van der Waals surface area (Å²) in [5.41, 5.74) is 1.53. The van der Waals surface area contributed by atoms with E-state index in [1.165, 1.54) is 18.5 Å². The van der Waals surface area contributed by atoms with Gasteiger partial charge in [0.05, 0.1) is 10.4 Å². The first-order valence-corrected chi connectivity index (χ1v) is 6.26. The molecule has 6 heteroatoms. The van der Waals surface area contributed by atoms with Crippen molar-refractivity contribution in [1.29, 1.82) is 0 Å². The maximum absolute atomic E-state index is 10.7. The van der Waals surface area contributed by atoms with Crippen molar-refractivity contribution in [3.63, 3.8) is 0 Å². The fraction of sp³-hybridized carbons (Fsp3) is 0.0667. The summed E-state index contributed by atoms with van der Waals surface area (Å²) in [5, 5.41) is 11.6. The van der Waals surface area contributed by atoms with Gasteiger partial charge in [0, 0.05) is 29.8 Å². The summed E-state index contributed by atoms with van der Waals surface area (Å²) in [6.07, 6.45) is 3.20. The van der Waals surface area contributed by atoms with E-state index in [2.05, 4.69) is 9.97 Å². The summed E-state index contributed by atoms with van der Waals surface area (Å²) in [5.74, 6) is 1.20. The zero-order chi connectivity index (χ0) is 14.8. The van der Waals surface area contributed by atoms with Crippen molar-refractivity contribution in [1.82, 2.24) is 9.97 Å². The Morgan fingerprint density at radius 3 is 2.81 bits per heavy atom. The minimum absolute atomic E-state index is 0.0473. The number of aryl methyl sites for hydroxylation is 1. The van der Waals surface area contributed by atoms with Crippen molar-refractivity contribution in [3.05, 3.63) is 64.6 Å². The van der Waals surface area contributed by atoms with Gasteiger partial charge in [0.25, 0.3) is 5.69 Å². The highest BCUT2D eigenvalue weighted by molar-refractivity contribution is 5.78. The van der Waals surface area contributed by atoms with Gasteiger partial charge in [-0.05, 0) is 30.7 Å². The third kappa shape index (κ3) is 2.64. The normalized spacial score (nSPS) is 10.5. The second-order valence-electron chi connectivity index (χ2n) is 4.55. The standard InChI is InChI=1S/C15H11N3O3/c1-10-6-12(18(19)20)3-5-15(10)21-13-4-2-11-8-16-9-17-14(11)7-13/h2-9H,1H3. The SMILES string of the molecule is Cc1cc([N+](=O)[O-])ccc1Oc1ccc2cncnc2c1. The van der Waals surface area contributed by atoms with Crippen LogP contribution in [0.3, 0.4) is 0 Å². The van der Waals surface area contributed by atoms with Crippen LogP contribution in [-0.2, 0) is 0 Å². The average molecular weight is 281 g/mol. The lowest BCUT2D eigenvalue weighted by molar-refractivity contribution is -0.384. The molecule has 0 amide bonds. The van der Waals surface area contributed by atoms with Gasteiger partial charge in [0.15, 0.2) is 0 Å². The van der Waals surface area contributed by atoms with Crippen molar-refractivity contribution < 1.29 is 9.66 Å². The first kappa shape index (κ1) is 13.0. The molecule has 0 atom stereocenters. The quantitative estimate of drug-likeness (QED) is 0.541. The summed E-state index contributed by atoms with van der Waals surface area (Å²) >= 11 is 0. The molecule has 0 bridgehead atoms. The number of nitrogens with zero attached hydrogens (tertiary/aromatic N) is 3. The number of rotatable bonds is 3. The second kappa shape index (κ2) is 5.16. The lowest BCUT2D eigenvalue weighted by atomic mass is 10.2. The van der Waals surface area contributed by atoms with Gasteiger partial charge in [-0.2, -0.15) is 0 Å². The van der Waals surface area contributed by atoms with E-state index >= 15 is 0 Å². The molecule has 3 rings (SSSR count). The zero-order valence-corrected chi connectivity index (χ0v) is 11.2. The van der Waals surface area contributed by atoms with Crippen LogP contribution in [-0.4, -0.2) is 14.9 Å². The molecule has 0 saturated carbocycles. The van der Waals surface area contributed by atoms with E-state index in [-0.39, 0.29) is 5.69 Å². The van der Waals surface area contributed by atoms with Crippen LogP contribution in [0, 0.1) is 17.0 Å². The Labute approximate surface area is 120 Å². The molecule has 104 valence electrons. The van der Waals surface area contributed by atoms with E-state index in [0.29, 0.717) is 17.1 Å². The lowest BCUT2D eigenvalue weighted by Crippen LogP contribution is -1.92. The van der Waals surface area contributed by atoms with Gasteiger partial charge in [-0.15, -0.1) is 0 Å². The maximum atomic E-state index is 10.7. The van der Waals surface area contributed by atoms with Gasteiger partial charge in [0.2, 0.25) is 0 Å². The monoisotopic (exact) mass is 281 g/mol. The van der Waals surface area contributed by atoms with E-state index in [1.807, 2.05) is 12.1 Å². The molecule has 1 heterocycles. The minimum Gasteiger partial charge on any atom is -0.457 e. The van der Waals surface area contributed by atoms with E-state index in [4.69, 9.17) is 4.74 Å². The summed E-state index contributed by atoms with van der Waals surface area (Å²) in [6, 6.07) is 9.98. The van der Waals surface area contributed by atoms with Gasteiger partial charge in [-0.3, -0.25) is 10.1 Å². The Hall–Kier alpha value is -3.02. The highest BCUT2D eigenvalue weighted by Crippen LogP contribution is 2.29. The summed E-state index contributed by atoms with van der Waals surface area (Å²) in [7, 11) is 0. The van der Waals surface area contributed by atoms with Crippen molar-refractivity contribution >= 4 is 16.6 Å². The Balaban J connectivity index is 1.93. The van der Waals surface area contributed by atoms with Crippen molar-refractivity contribution in [2.45, 2.75) is 6.92 Å². The number of aromatic nitrogens is 2. The number of fused-ring (bicyclic) bond motifs is 1. The highest BCUT2D eigenvalue weighted by Gasteiger charge is 2.09. The van der Waals surface area contributed by atoms with Crippen LogP contribution in [0.5, 0.6) is 11.5 Å². The van der Waals surface area contributed by atoms with Crippen LogP contribution in [0.2, 0.25) is 0 Å². The first-order chi connectivity index (χ1) is 10.1. The van der Waals surface area contributed by atoms with Crippen LogP contribution in [0.1, 0.15) is 5.56 Å². The Kier molecular flexibility index (Phi) is 3.19. The maximum Gasteiger partial charge on any atom is 0.269 e. The van der Waals surface area contributed by atoms with Crippen LogP contribution in [0.25, 0.3) is 10.9 Å². The van der Waals surface area contributed by atoms with Gasteiger partial charge >= 0.3 is 0 Å². The number of hydrogen-bond acceptors (Lipinski definition) is 5. The number of nitro benzene ring substituents is 1. The second-order valence-corrected chi connectivity index (χ2v) is 4.55. The molecular formula is C15H11N3O3. The lowest BCUT2D eigenvalue weighted by Gasteiger charge is -2.09. The van der Waals surface area contributed by atoms with Crippen molar-refractivity contribution in [2.24, 2.45) is 0 Å². The molecule has 3 aromatic rings. The Bertz CT molecular complexity index is 833. The van der Waals surface area contributed by atoms with Crippen LogP contribution >= 0.6 is 0 Å². The fourth-order valence-corrected chi connectivity index (χ4v) is 2.01. The molecule has 1 aromatic heterocycles. The molecular weight excluding hydrogens is 270 g/mol. The van der Waals surface area contributed by atoms with Crippen LogP contribution in [0.4, 0.5) is 5.69 Å². The molecule has 0 saturated heterocycles. The molecule has 0 aliphatic rings. The summed E-state index contributed by atoms with van der Waals surface area (Å²) in [6.45, 7) is 1.77. The molecule has 0 spiro atoms. The number of benzene rings is 2. The molecule has 0 aliphatic heterocycles. The van der Waals surface area contributed by atoms with E-state index in [1.54, 1.807) is 25.3 Å². The number of ether oxygens (including phenoxy) is 1. The van der Waals surface area contributed by atoms with Gasteiger partial charge in [0.1, 0.15) is 17.8 Å². The average Bonchev–Trinajstić information content (AvgIpc) is 2.49. The molecule has 0 aliphatic carbocycles. The number of nitro groups is 1. The van der Waals surface area contributed by atoms with Crippen molar-refractivity contribution in [2.75, 3.05) is 0 Å². The predicted molar refractivity (Wildman–Crippen MR) is 77.4 cm³/mol. The molecule has 0 N–H and O–H groups in total. The van der Waals surface area contributed by atoms with E-state index in [9.17, 15) is 10.1 Å². The van der Waals surface area contributed by atoms with Gasteiger partial charge < -0.3 is 4.74 Å². The molecule has 6 nitrogen and oxygen atoms in total. The molecule has 2 aromatic carbocycles. The molecule has 0 radical (unpaired) electrons. The topological polar surface area (TPSA) is 78.2 Å². The van der Waals surface area contributed by atoms with Gasteiger partial charge in [-0.1, -0.05) is 0 Å². The molecule has 21 heavy (non-hydrogen) atoms. The largest absolute Gasteiger partial charge is 0.457 e. The summed E-state index contributed by atoms with van der Waals surface area (Å²) < 4.78 is 5.77. The van der Waals surface area contributed by atoms with Crippen LogP contribution in [0.15, 0.2) is 48.9 Å². The molecule has 0 unspecified atom stereocenters. The van der Waals surface area contributed by atoms with E-state index < -0.39 is 4.92 Å². The predicted octanol–water partition coefficient (Wildman–Crippen LogP) is 3.64. The van der Waals surface area contributed by atoms with Crippen LogP contribution < -0.4 is 4.74 Å². The fourth-order valence-electron chi connectivity index (χ4n) is 2.01. The Morgan fingerprint density at radius 2 is 2.05 bits per heavy atom. The first-order valence-electron chi connectivity index (χ1n) is 6.26. The third-order valence-corrected chi connectivity index (χ3v) is 3.08. The smallest absolute Gasteiger partial charge is 0.269 e. The zero-order valence-electron chi connectivity index (χ0n) is 11.2. The molecule has 0 fully saturated rings. The van der Waals surface area contributed by atoms with E-state index in [0.717, 1.165) is 10.9 Å². The van der Waals surface area contributed by atoms with Crippen molar-refractivity contribution in [3.8, 4) is 11.5 Å². The minimum atomic E-state index is -0.427. The van der Waals surface area contributed by atoms with Gasteiger partial charge in [-0.25, -0.2) is 9.97 Å². The highest BCUT2D eigenvalue weighted by atomic mass is 16.6.